The van der Waals surface area contributed by atoms with E-state index >= 15 is 0 Å². The molecule has 0 aromatic heterocycles. The Morgan fingerprint density at radius 2 is 2.26 bits per heavy atom. The van der Waals surface area contributed by atoms with Gasteiger partial charge in [0.05, 0.1) is 6.61 Å². The third-order valence-corrected chi connectivity index (χ3v) is 3.04. The molecule has 1 aromatic rings. The Hall–Kier alpha value is -1.92. The number of carbonyl (C=O) groups excluding carboxylic acids is 1. The van der Waals surface area contributed by atoms with Crippen molar-refractivity contribution in [3.8, 4) is 0 Å². The zero-order valence-corrected chi connectivity index (χ0v) is 10.4. The molecule has 1 unspecified atom stereocenters. The molecule has 102 valence electrons. The van der Waals surface area contributed by atoms with Gasteiger partial charge in [0.25, 0.3) is 0 Å². The van der Waals surface area contributed by atoms with Gasteiger partial charge in [-0.15, -0.1) is 0 Å². The van der Waals surface area contributed by atoms with E-state index in [1.807, 2.05) is 11.0 Å². The first-order chi connectivity index (χ1) is 9.06. The number of ether oxygens (including phenoxy) is 1. The fourth-order valence-electron chi connectivity index (χ4n) is 2.08. The van der Waals surface area contributed by atoms with Gasteiger partial charge in [0.1, 0.15) is 0 Å². The largest absolute Gasteiger partial charge is 0.479 e. The van der Waals surface area contributed by atoms with Crippen molar-refractivity contribution in [2.45, 2.75) is 12.6 Å². The molecule has 0 radical (unpaired) electrons. The van der Waals surface area contributed by atoms with Crippen LogP contribution in [0.15, 0.2) is 24.3 Å². The second kappa shape index (κ2) is 5.81. The second-order valence-corrected chi connectivity index (χ2v) is 4.50. The van der Waals surface area contributed by atoms with Crippen molar-refractivity contribution >= 4 is 11.9 Å². The molecule has 0 saturated carbocycles. The van der Waals surface area contributed by atoms with E-state index in [2.05, 4.69) is 0 Å². The zero-order valence-electron chi connectivity index (χ0n) is 10.4. The van der Waals surface area contributed by atoms with Crippen LogP contribution in [0.25, 0.3) is 0 Å². The molecular formula is C13H16N2O4. The Bertz CT molecular complexity index is 489. The number of carboxylic acids is 1. The van der Waals surface area contributed by atoms with Crippen LogP contribution in [-0.2, 0) is 16.1 Å². The van der Waals surface area contributed by atoms with Gasteiger partial charge in [-0.1, -0.05) is 12.1 Å². The average molecular weight is 264 g/mol. The van der Waals surface area contributed by atoms with Gasteiger partial charge >= 0.3 is 5.97 Å². The molecule has 19 heavy (non-hydrogen) atoms. The summed E-state index contributed by atoms with van der Waals surface area (Å²) in [6.07, 6.45) is -0.784. The standard InChI is InChI=1S/C13H16N2O4/c14-12(16)10-3-1-2-9(6-10)7-15-4-5-19-11(8-15)13(17)18/h1-3,6,11H,4-5,7-8H2,(H2,14,16)(H,17,18). The van der Waals surface area contributed by atoms with E-state index in [0.29, 0.717) is 31.8 Å². The van der Waals surface area contributed by atoms with Gasteiger partial charge in [-0.2, -0.15) is 0 Å². The zero-order chi connectivity index (χ0) is 13.8. The quantitative estimate of drug-likeness (QED) is 0.802. The smallest absolute Gasteiger partial charge is 0.334 e. The molecule has 1 aliphatic rings. The summed E-state index contributed by atoms with van der Waals surface area (Å²) in [5.41, 5.74) is 6.62. The minimum absolute atomic E-state index is 0.343. The van der Waals surface area contributed by atoms with Crippen molar-refractivity contribution in [1.82, 2.24) is 4.90 Å². The lowest BCUT2D eigenvalue weighted by molar-refractivity contribution is -0.156. The number of nitrogens with zero attached hydrogens (tertiary/aromatic N) is 1. The third-order valence-electron chi connectivity index (χ3n) is 3.04. The van der Waals surface area contributed by atoms with Crippen LogP contribution in [-0.4, -0.2) is 47.7 Å². The van der Waals surface area contributed by atoms with E-state index in [0.717, 1.165) is 5.56 Å². The number of benzene rings is 1. The lowest BCUT2D eigenvalue weighted by Gasteiger charge is -2.30. The minimum Gasteiger partial charge on any atom is -0.479 e. The molecule has 1 saturated heterocycles. The van der Waals surface area contributed by atoms with Gasteiger partial charge < -0.3 is 15.6 Å². The van der Waals surface area contributed by atoms with Gasteiger partial charge in [-0.3, -0.25) is 9.69 Å². The highest BCUT2D eigenvalue weighted by molar-refractivity contribution is 5.92. The van der Waals surface area contributed by atoms with E-state index in [-0.39, 0.29) is 0 Å². The molecule has 0 bridgehead atoms. The Morgan fingerprint density at radius 1 is 1.47 bits per heavy atom. The maximum absolute atomic E-state index is 11.1. The lowest BCUT2D eigenvalue weighted by Crippen LogP contribution is -2.45. The van der Waals surface area contributed by atoms with Crippen LogP contribution in [0.4, 0.5) is 0 Å². The van der Waals surface area contributed by atoms with Crippen molar-refractivity contribution in [3.63, 3.8) is 0 Å². The molecule has 2 rings (SSSR count). The molecular weight excluding hydrogens is 248 g/mol. The topological polar surface area (TPSA) is 92.9 Å². The Kier molecular flexibility index (Phi) is 4.13. The number of aliphatic carboxylic acids is 1. The number of morpholine rings is 1. The highest BCUT2D eigenvalue weighted by Crippen LogP contribution is 2.12. The fraction of sp³-hybridized carbons (Fsp3) is 0.385. The number of amides is 1. The van der Waals surface area contributed by atoms with Gasteiger partial charge in [0.15, 0.2) is 6.10 Å². The number of nitrogens with two attached hydrogens (primary N) is 1. The van der Waals surface area contributed by atoms with Crippen molar-refractivity contribution < 1.29 is 19.4 Å². The number of primary amides is 1. The van der Waals surface area contributed by atoms with Gasteiger partial charge in [0.2, 0.25) is 5.91 Å². The Labute approximate surface area is 110 Å². The molecule has 6 nitrogen and oxygen atoms in total. The van der Waals surface area contributed by atoms with Crippen molar-refractivity contribution in [2.24, 2.45) is 5.73 Å². The molecule has 1 aromatic carbocycles. The lowest BCUT2D eigenvalue weighted by atomic mass is 10.1. The van der Waals surface area contributed by atoms with Crippen LogP contribution in [0.1, 0.15) is 15.9 Å². The number of carboxylic acid groups (broad SMARTS) is 1. The van der Waals surface area contributed by atoms with Crippen molar-refractivity contribution in [1.29, 1.82) is 0 Å². The number of carbonyl (C=O) groups is 2. The van der Waals surface area contributed by atoms with Crippen LogP contribution in [0, 0.1) is 0 Å². The first-order valence-corrected chi connectivity index (χ1v) is 6.02. The number of rotatable bonds is 4. The number of hydrogen-bond donors (Lipinski definition) is 2. The maximum atomic E-state index is 11.1. The van der Waals surface area contributed by atoms with Gasteiger partial charge in [0, 0.05) is 25.2 Å². The first kappa shape index (κ1) is 13.5. The van der Waals surface area contributed by atoms with E-state index in [9.17, 15) is 9.59 Å². The van der Waals surface area contributed by atoms with E-state index < -0.39 is 18.0 Å². The Balaban J connectivity index is 2.02. The molecule has 1 aliphatic heterocycles. The summed E-state index contributed by atoms with van der Waals surface area (Å²) in [4.78, 5) is 24.0. The first-order valence-electron chi connectivity index (χ1n) is 6.02. The summed E-state index contributed by atoms with van der Waals surface area (Å²) in [6.45, 7) is 1.99. The van der Waals surface area contributed by atoms with Gasteiger partial charge in [-0.05, 0) is 17.7 Å². The van der Waals surface area contributed by atoms with E-state index in [4.69, 9.17) is 15.6 Å². The molecule has 3 N–H and O–H groups in total. The highest BCUT2D eigenvalue weighted by atomic mass is 16.5. The maximum Gasteiger partial charge on any atom is 0.334 e. The van der Waals surface area contributed by atoms with Crippen molar-refractivity contribution in [3.05, 3.63) is 35.4 Å². The summed E-state index contributed by atoms with van der Waals surface area (Å²) >= 11 is 0. The molecule has 1 amide bonds. The van der Waals surface area contributed by atoms with Gasteiger partial charge in [-0.25, -0.2) is 4.79 Å². The fourth-order valence-corrected chi connectivity index (χ4v) is 2.08. The summed E-state index contributed by atoms with van der Waals surface area (Å²) in [6, 6.07) is 7.04. The monoisotopic (exact) mass is 264 g/mol. The summed E-state index contributed by atoms with van der Waals surface area (Å²) in [5.74, 6) is -1.41. The summed E-state index contributed by atoms with van der Waals surface area (Å²) < 4.78 is 5.15. The molecule has 1 heterocycles. The van der Waals surface area contributed by atoms with Crippen LogP contribution in [0.2, 0.25) is 0 Å². The SMILES string of the molecule is NC(=O)c1cccc(CN2CCOC(C(=O)O)C2)c1. The molecule has 1 atom stereocenters. The minimum atomic E-state index is -0.949. The predicted molar refractivity (Wildman–Crippen MR) is 67.6 cm³/mol. The van der Waals surface area contributed by atoms with Crippen LogP contribution >= 0.6 is 0 Å². The van der Waals surface area contributed by atoms with Crippen LogP contribution in [0.3, 0.4) is 0 Å². The highest BCUT2D eigenvalue weighted by Gasteiger charge is 2.26. The molecule has 1 fully saturated rings. The summed E-state index contributed by atoms with van der Waals surface area (Å²) in [5, 5.41) is 8.93. The van der Waals surface area contributed by atoms with Crippen LogP contribution < -0.4 is 5.73 Å². The molecule has 0 spiro atoms. The van der Waals surface area contributed by atoms with E-state index in [1.165, 1.54) is 0 Å². The second-order valence-electron chi connectivity index (χ2n) is 4.50. The third kappa shape index (κ3) is 3.52. The normalized spacial score (nSPS) is 20.1. The molecule has 0 aliphatic carbocycles. The van der Waals surface area contributed by atoms with Crippen LogP contribution in [0.5, 0.6) is 0 Å². The molecule has 6 heteroatoms. The number of hydrogen-bond acceptors (Lipinski definition) is 4. The predicted octanol–water partition coefficient (Wildman–Crippen LogP) is 0.0709. The summed E-state index contributed by atoms with van der Waals surface area (Å²) in [7, 11) is 0. The van der Waals surface area contributed by atoms with Crippen molar-refractivity contribution in [2.75, 3.05) is 19.7 Å². The van der Waals surface area contributed by atoms with E-state index in [1.54, 1.807) is 18.2 Å². The average Bonchev–Trinajstić information content (AvgIpc) is 2.39. The Morgan fingerprint density at radius 3 is 2.95 bits per heavy atom.